The van der Waals surface area contributed by atoms with Gasteiger partial charge in [0.05, 0.1) is 17.7 Å². The van der Waals surface area contributed by atoms with Crippen molar-refractivity contribution in [3.05, 3.63) is 52.3 Å². The molecule has 130 valence electrons. The summed E-state index contributed by atoms with van der Waals surface area (Å²) < 4.78 is 5.02. The second kappa shape index (κ2) is 7.64. The predicted molar refractivity (Wildman–Crippen MR) is 91.0 cm³/mol. The first-order valence-electron chi connectivity index (χ1n) is 7.67. The zero-order chi connectivity index (χ0) is 18.6. The molecule has 0 fully saturated rings. The lowest BCUT2D eigenvalue weighted by atomic mass is 10.1. The van der Waals surface area contributed by atoms with E-state index < -0.39 is 24.6 Å². The van der Waals surface area contributed by atoms with Crippen LogP contribution in [-0.2, 0) is 9.53 Å². The zero-order valence-electron chi connectivity index (χ0n) is 14.2. The highest BCUT2D eigenvalue weighted by molar-refractivity contribution is 5.95. The number of aryl methyl sites for hydroxylation is 1. The van der Waals surface area contributed by atoms with Crippen molar-refractivity contribution in [3.63, 3.8) is 0 Å². The van der Waals surface area contributed by atoms with Gasteiger partial charge in [-0.3, -0.25) is 4.79 Å². The van der Waals surface area contributed by atoms with E-state index in [0.29, 0.717) is 28.1 Å². The second-order valence-electron chi connectivity index (χ2n) is 5.66. The molecule has 3 N–H and O–H groups in total. The van der Waals surface area contributed by atoms with Crippen LogP contribution in [0.2, 0.25) is 0 Å². The number of benzene rings is 1. The van der Waals surface area contributed by atoms with Crippen LogP contribution >= 0.6 is 0 Å². The number of aromatic nitrogens is 1. The number of nitrogens with zero attached hydrogens (tertiary/aromatic N) is 1. The fourth-order valence-electron chi connectivity index (χ4n) is 2.66. The molecule has 0 bridgehead atoms. The van der Waals surface area contributed by atoms with Crippen LogP contribution in [0.15, 0.2) is 24.3 Å². The largest absolute Gasteiger partial charge is 0.451 e. The Bertz CT molecular complexity index is 846. The van der Waals surface area contributed by atoms with Crippen molar-refractivity contribution in [2.75, 3.05) is 11.9 Å². The Kier molecular flexibility index (Phi) is 5.57. The fraction of sp³-hybridized carbons (Fsp3) is 0.278. The minimum atomic E-state index is -0.714. The van der Waals surface area contributed by atoms with E-state index in [4.69, 9.17) is 10.00 Å². The summed E-state index contributed by atoms with van der Waals surface area (Å²) in [5.74, 6) is -1.19. The van der Waals surface area contributed by atoms with Gasteiger partial charge in [0.2, 0.25) is 0 Å². The third-order valence-electron chi connectivity index (χ3n) is 3.73. The highest BCUT2D eigenvalue weighted by Crippen LogP contribution is 2.24. The SMILES string of the molecule is Cc1[nH]c(C(=O)OCC(=O)Nc2cccc(C#N)c2)c(C)c1[C@@H](C)O. The molecule has 1 heterocycles. The lowest BCUT2D eigenvalue weighted by Crippen LogP contribution is -2.21. The summed E-state index contributed by atoms with van der Waals surface area (Å²) in [6.45, 7) is 4.61. The Morgan fingerprint density at radius 1 is 1.40 bits per heavy atom. The topological polar surface area (TPSA) is 115 Å². The molecule has 0 saturated carbocycles. The summed E-state index contributed by atoms with van der Waals surface area (Å²) in [6, 6.07) is 8.39. The molecule has 0 radical (unpaired) electrons. The molecule has 1 atom stereocenters. The molecule has 0 aliphatic carbocycles. The van der Waals surface area contributed by atoms with Gasteiger partial charge in [0.25, 0.3) is 5.91 Å². The smallest absolute Gasteiger partial charge is 0.355 e. The van der Waals surface area contributed by atoms with Gasteiger partial charge in [0.15, 0.2) is 6.61 Å². The number of amides is 1. The number of carbonyl (C=O) groups is 2. The average molecular weight is 341 g/mol. The molecular weight excluding hydrogens is 322 g/mol. The summed E-state index contributed by atoms with van der Waals surface area (Å²) in [5, 5.41) is 21.1. The van der Waals surface area contributed by atoms with Crippen LogP contribution in [0.25, 0.3) is 0 Å². The standard InChI is InChI=1S/C18H19N3O4/c1-10-16(12(3)22)11(2)20-17(10)18(24)25-9-15(23)21-14-6-4-5-13(7-14)8-19/h4-7,12,20,22H,9H2,1-3H3,(H,21,23)/t12-/m1/s1. The quantitative estimate of drug-likeness (QED) is 0.722. The summed E-state index contributed by atoms with van der Waals surface area (Å²) in [6.07, 6.45) is -0.714. The van der Waals surface area contributed by atoms with Crippen molar-refractivity contribution in [1.29, 1.82) is 5.26 Å². The molecule has 7 heteroatoms. The van der Waals surface area contributed by atoms with E-state index in [1.54, 1.807) is 39.0 Å². The average Bonchev–Trinajstić information content (AvgIpc) is 2.87. The van der Waals surface area contributed by atoms with Gasteiger partial charge < -0.3 is 20.1 Å². The third kappa shape index (κ3) is 4.25. The minimum absolute atomic E-state index is 0.215. The molecular formula is C18H19N3O4. The van der Waals surface area contributed by atoms with Gasteiger partial charge in [-0.05, 0) is 44.5 Å². The molecule has 0 aliphatic rings. The first kappa shape index (κ1) is 18.2. The van der Waals surface area contributed by atoms with Gasteiger partial charge in [-0.1, -0.05) is 6.07 Å². The lowest BCUT2D eigenvalue weighted by Gasteiger charge is -2.07. The Hall–Kier alpha value is -3.11. The van der Waals surface area contributed by atoms with Crippen molar-refractivity contribution in [2.24, 2.45) is 0 Å². The number of anilines is 1. The number of aromatic amines is 1. The Labute approximate surface area is 145 Å². The lowest BCUT2D eigenvalue weighted by molar-refractivity contribution is -0.119. The molecule has 2 rings (SSSR count). The minimum Gasteiger partial charge on any atom is -0.451 e. The summed E-state index contributed by atoms with van der Waals surface area (Å²) in [7, 11) is 0. The van der Waals surface area contributed by atoms with E-state index in [-0.39, 0.29) is 5.69 Å². The Morgan fingerprint density at radius 3 is 2.72 bits per heavy atom. The molecule has 1 amide bonds. The number of ether oxygens (including phenoxy) is 1. The van der Waals surface area contributed by atoms with E-state index in [1.165, 1.54) is 6.07 Å². The van der Waals surface area contributed by atoms with Crippen LogP contribution in [0.5, 0.6) is 0 Å². The molecule has 0 saturated heterocycles. The van der Waals surface area contributed by atoms with E-state index in [9.17, 15) is 14.7 Å². The highest BCUT2D eigenvalue weighted by atomic mass is 16.5. The molecule has 0 unspecified atom stereocenters. The maximum atomic E-state index is 12.2. The van der Waals surface area contributed by atoms with Crippen LogP contribution in [-0.4, -0.2) is 28.6 Å². The Balaban J connectivity index is 1.99. The summed E-state index contributed by atoms with van der Waals surface area (Å²) >= 11 is 0. The van der Waals surface area contributed by atoms with Crippen molar-refractivity contribution >= 4 is 17.6 Å². The number of rotatable bonds is 5. The van der Waals surface area contributed by atoms with Crippen LogP contribution in [0.1, 0.15) is 45.9 Å². The molecule has 1 aromatic heterocycles. The maximum absolute atomic E-state index is 12.2. The monoisotopic (exact) mass is 341 g/mol. The van der Waals surface area contributed by atoms with Gasteiger partial charge in [-0.2, -0.15) is 5.26 Å². The number of nitriles is 1. The maximum Gasteiger partial charge on any atom is 0.355 e. The van der Waals surface area contributed by atoms with Crippen LogP contribution in [0, 0.1) is 25.2 Å². The second-order valence-corrected chi connectivity index (χ2v) is 5.66. The third-order valence-corrected chi connectivity index (χ3v) is 3.73. The number of H-pyrrole nitrogens is 1. The van der Waals surface area contributed by atoms with E-state index in [1.807, 2.05) is 6.07 Å². The number of aliphatic hydroxyl groups is 1. The number of hydrogen-bond donors (Lipinski definition) is 3. The first-order chi connectivity index (χ1) is 11.8. The highest BCUT2D eigenvalue weighted by Gasteiger charge is 2.21. The predicted octanol–water partition coefficient (Wildman–Crippen LogP) is 2.35. The normalized spacial score (nSPS) is 11.5. The van der Waals surface area contributed by atoms with Gasteiger partial charge in [0, 0.05) is 16.9 Å². The molecule has 25 heavy (non-hydrogen) atoms. The molecule has 0 spiro atoms. The number of carbonyl (C=O) groups excluding carboxylic acids is 2. The van der Waals surface area contributed by atoms with Gasteiger partial charge in [-0.25, -0.2) is 4.79 Å². The van der Waals surface area contributed by atoms with Gasteiger partial charge in [0.1, 0.15) is 5.69 Å². The van der Waals surface area contributed by atoms with E-state index >= 15 is 0 Å². The summed E-state index contributed by atoms with van der Waals surface area (Å²) in [5.41, 5.74) is 3.00. The van der Waals surface area contributed by atoms with Crippen molar-refractivity contribution in [3.8, 4) is 6.07 Å². The van der Waals surface area contributed by atoms with Gasteiger partial charge >= 0.3 is 5.97 Å². The van der Waals surface area contributed by atoms with Gasteiger partial charge in [-0.15, -0.1) is 0 Å². The zero-order valence-corrected chi connectivity index (χ0v) is 14.2. The molecule has 0 aliphatic heterocycles. The van der Waals surface area contributed by atoms with E-state index in [0.717, 1.165) is 0 Å². The first-order valence-corrected chi connectivity index (χ1v) is 7.67. The Morgan fingerprint density at radius 2 is 2.12 bits per heavy atom. The van der Waals surface area contributed by atoms with E-state index in [2.05, 4.69) is 10.3 Å². The summed E-state index contributed by atoms with van der Waals surface area (Å²) in [4.78, 5) is 26.9. The fourth-order valence-corrected chi connectivity index (χ4v) is 2.66. The molecule has 2 aromatic rings. The van der Waals surface area contributed by atoms with Crippen molar-refractivity contribution in [1.82, 2.24) is 4.98 Å². The number of esters is 1. The van der Waals surface area contributed by atoms with Crippen LogP contribution < -0.4 is 5.32 Å². The van der Waals surface area contributed by atoms with Crippen molar-refractivity contribution < 1.29 is 19.4 Å². The van der Waals surface area contributed by atoms with Crippen molar-refractivity contribution in [2.45, 2.75) is 26.9 Å². The van der Waals surface area contributed by atoms with Crippen LogP contribution in [0.3, 0.4) is 0 Å². The number of nitrogens with one attached hydrogen (secondary N) is 2. The number of aliphatic hydroxyl groups excluding tert-OH is 1. The molecule has 1 aromatic carbocycles. The van der Waals surface area contributed by atoms with Crippen LogP contribution in [0.4, 0.5) is 5.69 Å². The number of hydrogen-bond acceptors (Lipinski definition) is 5. The molecule has 7 nitrogen and oxygen atoms in total.